The third-order valence-corrected chi connectivity index (χ3v) is 8.53. The summed E-state index contributed by atoms with van der Waals surface area (Å²) in [5.74, 6) is 1.59. The summed E-state index contributed by atoms with van der Waals surface area (Å²) in [5.41, 5.74) is 3.82. The second-order valence-electron chi connectivity index (χ2n) is 10.4. The first-order valence-electron chi connectivity index (χ1n) is 14.8. The molecule has 2 heterocycles. The van der Waals surface area contributed by atoms with Gasteiger partial charge in [-0.1, -0.05) is 84.1 Å². The second-order valence-corrected chi connectivity index (χ2v) is 11.4. The van der Waals surface area contributed by atoms with Gasteiger partial charge in [0.25, 0.3) is 5.56 Å². The van der Waals surface area contributed by atoms with E-state index in [4.69, 9.17) is 23.9 Å². The van der Waals surface area contributed by atoms with E-state index in [1.807, 2.05) is 109 Å². The molecule has 8 nitrogen and oxygen atoms in total. The summed E-state index contributed by atoms with van der Waals surface area (Å²) in [4.78, 5) is 33.0. The third-order valence-electron chi connectivity index (χ3n) is 7.55. The van der Waals surface area contributed by atoms with Crippen molar-refractivity contribution in [2.45, 2.75) is 19.6 Å². The molecule has 4 aromatic carbocycles. The average molecular weight is 633 g/mol. The fraction of sp³-hybridized carbons (Fsp3) is 0.162. The first-order chi connectivity index (χ1) is 22.5. The summed E-state index contributed by atoms with van der Waals surface area (Å²) in [6.07, 6.45) is 1.83. The van der Waals surface area contributed by atoms with Crippen molar-refractivity contribution in [2.24, 2.45) is 4.99 Å². The molecule has 1 aliphatic heterocycles. The van der Waals surface area contributed by atoms with Gasteiger partial charge in [0.05, 0.1) is 42.7 Å². The molecule has 5 aromatic rings. The molecule has 46 heavy (non-hydrogen) atoms. The van der Waals surface area contributed by atoms with Crippen molar-refractivity contribution in [3.05, 3.63) is 151 Å². The third kappa shape index (κ3) is 6.23. The van der Waals surface area contributed by atoms with Crippen LogP contribution >= 0.6 is 11.3 Å². The maximum absolute atomic E-state index is 14.1. The molecular formula is C37H32N2O6S. The normalized spacial score (nSPS) is 14.3. The molecule has 0 unspecified atom stereocenters. The topological polar surface area (TPSA) is 88.4 Å². The highest BCUT2D eigenvalue weighted by Crippen LogP contribution is 2.35. The Bertz CT molecular complexity index is 2070. The molecular weight excluding hydrogens is 600 g/mol. The number of nitrogens with zero attached hydrogens (tertiary/aromatic N) is 2. The molecule has 0 N–H and O–H groups in total. The van der Waals surface area contributed by atoms with Gasteiger partial charge in [-0.05, 0) is 54.5 Å². The van der Waals surface area contributed by atoms with Gasteiger partial charge in [-0.15, -0.1) is 0 Å². The van der Waals surface area contributed by atoms with Crippen LogP contribution in [-0.2, 0) is 16.1 Å². The molecule has 0 aliphatic carbocycles. The highest BCUT2D eigenvalue weighted by molar-refractivity contribution is 7.07. The minimum absolute atomic E-state index is 0.198. The van der Waals surface area contributed by atoms with Gasteiger partial charge in [0.1, 0.15) is 23.9 Å². The molecule has 6 rings (SSSR count). The Balaban J connectivity index is 1.38. The smallest absolute Gasteiger partial charge is 0.338 e. The number of methoxy groups -OCH3 is 2. The first-order valence-corrected chi connectivity index (χ1v) is 15.6. The zero-order valence-electron chi connectivity index (χ0n) is 25.6. The Kier molecular flexibility index (Phi) is 9.12. The quantitative estimate of drug-likeness (QED) is 0.188. The van der Waals surface area contributed by atoms with Crippen molar-refractivity contribution >= 4 is 29.1 Å². The second kappa shape index (κ2) is 13.7. The number of carbonyl (C=O) groups excluding carboxylic acids is 1. The standard InChI is InChI=1S/C37H32N2O6S/c1-4-44-36(41)32-33(25-11-7-5-8-12-25)38-37-39(34(32)26-13-9-6-10-14-26)35(40)31(46-37)21-24-15-17-28(18-16-24)45-23-27-22-29(42-2)19-20-30(27)43-3/h5-22,34H,4,23H2,1-3H3/b31-21-/t34-/m1/s1. The lowest BCUT2D eigenvalue weighted by molar-refractivity contribution is -0.138. The Morgan fingerprint density at radius 3 is 2.26 bits per heavy atom. The van der Waals surface area contributed by atoms with Gasteiger partial charge in [0.15, 0.2) is 4.80 Å². The van der Waals surface area contributed by atoms with E-state index in [0.717, 1.165) is 28.0 Å². The zero-order valence-corrected chi connectivity index (χ0v) is 26.5. The van der Waals surface area contributed by atoms with Crippen molar-refractivity contribution in [3.8, 4) is 17.2 Å². The van der Waals surface area contributed by atoms with Crippen LogP contribution in [0.25, 0.3) is 11.8 Å². The van der Waals surface area contributed by atoms with E-state index in [9.17, 15) is 9.59 Å². The molecule has 232 valence electrons. The number of aromatic nitrogens is 1. The van der Waals surface area contributed by atoms with Crippen molar-refractivity contribution in [1.29, 1.82) is 0 Å². The number of benzene rings is 4. The number of rotatable bonds is 10. The van der Waals surface area contributed by atoms with Crippen molar-refractivity contribution < 1.29 is 23.7 Å². The van der Waals surface area contributed by atoms with Crippen LogP contribution in [0.5, 0.6) is 17.2 Å². The number of thiazole rings is 1. The summed E-state index contributed by atoms with van der Waals surface area (Å²) in [7, 11) is 3.23. The predicted octanol–water partition coefficient (Wildman–Crippen LogP) is 5.53. The van der Waals surface area contributed by atoms with E-state index in [2.05, 4.69) is 0 Å². The van der Waals surface area contributed by atoms with E-state index < -0.39 is 12.0 Å². The van der Waals surface area contributed by atoms with Gasteiger partial charge in [-0.25, -0.2) is 9.79 Å². The fourth-order valence-electron chi connectivity index (χ4n) is 5.36. The summed E-state index contributed by atoms with van der Waals surface area (Å²) < 4.78 is 24.4. The molecule has 0 saturated carbocycles. The lowest BCUT2D eigenvalue weighted by Crippen LogP contribution is -2.39. The molecule has 0 radical (unpaired) electrons. The van der Waals surface area contributed by atoms with Gasteiger partial charge >= 0.3 is 5.97 Å². The van der Waals surface area contributed by atoms with Gasteiger partial charge in [-0.2, -0.15) is 0 Å². The number of fused-ring (bicyclic) bond motifs is 1. The molecule has 0 saturated heterocycles. The summed E-state index contributed by atoms with van der Waals surface area (Å²) in [6.45, 7) is 2.26. The molecule has 9 heteroatoms. The molecule has 0 amide bonds. The van der Waals surface area contributed by atoms with Crippen LogP contribution in [-0.4, -0.2) is 31.4 Å². The Labute approximate surface area is 270 Å². The Hall–Kier alpha value is -5.41. The number of carbonyl (C=O) groups is 1. The summed E-state index contributed by atoms with van der Waals surface area (Å²) >= 11 is 1.28. The highest BCUT2D eigenvalue weighted by Gasteiger charge is 2.35. The Morgan fingerprint density at radius 1 is 0.891 bits per heavy atom. The largest absolute Gasteiger partial charge is 0.497 e. The van der Waals surface area contributed by atoms with Crippen LogP contribution in [0.2, 0.25) is 0 Å². The average Bonchev–Trinajstić information content (AvgIpc) is 3.41. The van der Waals surface area contributed by atoms with Crippen LogP contribution in [0.3, 0.4) is 0 Å². The van der Waals surface area contributed by atoms with Crippen LogP contribution < -0.4 is 29.1 Å². The summed E-state index contributed by atoms with van der Waals surface area (Å²) in [6, 6.07) is 31.4. The lowest BCUT2D eigenvalue weighted by Gasteiger charge is -2.25. The molecule has 1 aliphatic rings. The SMILES string of the molecule is CCOC(=O)C1=C(c2ccccc2)N=c2s/c(=C\c3ccc(OCc4cc(OC)ccc4OC)cc3)c(=O)n2[C@@H]1c1ccccc1. The molecule has 0 fully saturated rings. The zero-order chi connectivity index (χ0) is 32.0. The van der Waals surface area contributed by atoms with Gasteiger partial charge in [0, 0.05) is 11.1 Å². The van der Waals surface area contributed by atoms with Gasteiger partial charge < -0.3 is 18.9 Å². The molecule has 1 aromatic heterocycles. The fourth-order valence-corrected chi connectivity index (χ4v) is 6.36. The van der Waals surface area contributed by atoms with E-state index in [1.165, 1.54) is 11.3 Å². The minimum atomic E-state index is -0.710. The van der Waals surface area contributed by atoms with E-state index in [-0.39, 0.29) is 12.2 Å². The number of hydrogen-bond acceptors (Lipinski definition) is 8. The number of hydrogen-bond donors (Lipinski definition) is 0. The lowest BCUT2D eigenvalue weighted by atomic mass is 9.93. The van der Waals surface area contributed by atoms with Crippen LogP contribution in [0.15, 0.2) is 118 Å². The maximum Gasteiger partial charge on any atom is 0.338 e. The molecule has 1 atom stereocenters. The van der Waals surface area contributed by atoms with Crippen LogP contribution in [0, 0.1) is 0 Å². The van der Waals surface area contributed by atoms with Crippen molar-refractivity contribution in [2.75, 3.05) is 20.8 Å². The molecule has 0 spiro atoms. The number of ether oxygens (including phenoxy) is 4. The van der Waals surface area contributed by atoms with Crippen LogP contribution in [0.1, 0.15) is 35.2 Å². The van der Waals surface area contributed by atoms with Gasteiger partial charge in [-0.3, -0.25) is 9.36 Å². The van der Waals surface area contributed by atoms with Gasteiger partial charge in [0.2, 0.25) is 0 Å². The van der Waals surface area contributed by atoms with E-state index >= 15 is 0 Å². The van der Waals surface area contributed by atoms with Crippen LogP contribution in [0.4, 0.5) is 0 Å². The predicted molar refractivity (Wildman–Crippen MR) is 178 cm³/mol. The minimum Gasteiger partial charge on any atom is -0.497 e. The number of esters is 1. The monoisotopic (exact) mass is 632 g/mol. The first kappa shape index (κ1) is 30.6. The van der Waals surface area contributed by atoms with Crippen molar-refractivity contribution in [1.82, 2.24) is 4.57 Å². The summed E-state index contributed by atoms with van der Waals surface area (Å²) in [5, 5.41) is 0. The van der Waals surface area contributed by atoms with Crippen molar-refractivity contribution in [3.63, 3.8) is 0 Å². The molecule has 0 bridgehead atoms. The Morgan fingerprint density at radius 2 is 1.59 bits per heavy atom. The highest BCUT2D eigenvalue weighted by atomic mass is 32.1. The van der Waals surface area contributed by atoms with E-state index in [0.29, 0.717) is 38.7 Å². The van der Waals surface area contributed by atoms with E-state index in [1.54, 1.807) is 25.7 Å². The maximum atomic E-state index is 14.1.